The van der Waals surface area contributed by atoms with E-state index >= 15 is 0 Å². The van der Waals surface area contributed by atoms with Crippen molar-refractivity contribution < 1.29 is 19.0 Å². The van der Waals surface area contributed by atoms with E-state index in [4.69, 9.17) is 30.8 Å². The number of hydrogen-bond acceptors (Lipinski definition) is 7. The lowest BCUT2D eigenvalue weighted by molar-refractivity contribution is -0.127. The number of benzene rings is 2. The van der Waals surface area contributed by atoms with E-state index in [2.05, 4.69) is 4.90 Å². The summed E-state index contributed by atoms with van der Waals surface area (Å²) < 4.78 is 18.2. The minimum atomic E-state index is -0.726. The van der Waals surface area contributed by atoms with E-state index in [1.165, 1.54) is 11.3 Å². The smallest absolute Gasteiger partial charge is 0.273 e. The molecule has 2 aliphatic heterocycles. The number of ether oxygens (including phenoxy) is 3. The molecule has 9 heteroatoms. The highest BCUT2D eigenvalue weighted by Gasteiger charge is 2.33. The van der Waals surface area contributed by atoms with Gasteiger partial charge in [0.2, 0.25) is 6.10 Å². The first-order valence-electron chi connectivity index (χ1n) is 10.7. The molecule has 5 rings (SSSR count). The molecule has 32 heavy (non-hydrogen) atoms. The van der Waals surface area contributed by atoms with Crippen molar-refractivity contribution in [3.05, 3.63) is 47.5 Å². The Morgan fingerprint density at radius 2 is 1.97 bits per heavy atom. The highest BCUT2D eigenvalue weighted by molar-refractivity contribution is 7.22. The molecule has 1 saturated heterocycles. The van der Waals surface area contributed by atoms with Gasteiger partial charge in [0.25, 0.3) is 5.91 Å². The van der Waals surface area contributed by atoms with E-state index in [0.717, 1.165) is 44.0 Å². The lowest BCUT2D eigenvalue weighted by atomic mass is 10.2. The first kappa shape index (κ1) is 21.5. The summed E-state index contributed by atoms with van der Waals surface area (Å²) in [5.74, 6) is 1.08. The number of para-hydroxylation sites is 3. The fourth-order valence-electron chi connectivity index (χ4n) is 3.91. The van der Waals surface area contributed by atoms with Gasteiger partial charge in [-0.15, -0.1) is 0 Å². The number of aromatic nitrogens is 1. The molecule has 2 aliphatic rings. The number of carbonyl (C=O) groups is 1. The number of fused-ring (bicyclic) bond motifs is 2. The maximum atomic E-state index is 13.6. The van der Waals surface area contributed by atoms with E-state index < -0.39 is 6.10 Å². The van der Waals surface area contributed by atoms with E-state index in [9.17, 15) is 4.79 Å². The van der Waals surface area contributed by atoms with Crippen molar-refractivity contribution in [2.45, 2.75) is 12.5 Å². The first-order valence-corrected chi connectivity index (χ1v) is 11.9. The standard InChI is InChI=1S/C23H24ClN3O4S/c24-16-5-3-8-20-21(16)25-23(32-20)27(10-4-9-26-11-13-29-14-12-26)22(28)19-15-30-17-6-1-2-7-18(17)31-19/h1-3,5-8,19H,4,9-15H2. The fraction of sp³-hybridized carbons (Fsp3) is 0.391. The van der Waals surface area contributed by atoms with E-state index in [-0.39, 0.29) is 12.5 Å². The number of morpholine rings is 1. The second-order valence-electron chi connectivity index (χ2n) is 7.74. The quantitative estimate of drug-likeness (QED) is 0.542. The molecule has 3 heterocycles. The Kier molecular flexibility index (Phi) is 6.45. The Bertz CT molecular complexity index is 1100. The van der Waals surface area contributed by atoms with Gasteiger partial charge in [-0.1, -0.05) is 41.1 Å². The molecule has 0 saturated carbocycles. The maximum absolute atomic E-state index is 13.6. The zero-order chi connectivity index (χ0) is 21.9. The van der Waals surface area contributed by atoms with Crippen LogP contribution in [0.2, 0.25) is 5.02 Å². The second kappa shape index (κ2) is 9.62. The zero-order valence-electron chi connectivity index (χ0n) is 17.5. The third-order valence-corrected chi connectivity index (χ3v) is 6.95. The third-order valence-electron chi connectivity index (χ3n) is 5.60. The summed E-state index contributed by atoms with van der Waals surface area (Å²) in [6.45, 7) is 4.94. The number of anilines is 1. The molecule has 2 aromatic carbocycles. The third kappa shape index (κ3) is 4.54. The Morgan fingerprint density at radius 1 is 1.16 bits per heavy atom. The minimum Gasteiger partial charge on any atom is -0.485 e. The Balaban J connectivity index is 1.37. The minimum absolute atomic E-state index is 0.156. The summed E-state index contributed by atoms with van der Waals surface area (Å²) in [5.41, 5.74) is 0.714. The van der Waals surface area contributed by atoms with Crippen LogP contribution in [0.15, 0.2) is 42.5 Å². The highest BCUT2D eigenvalue weighted by atomic mass is 35.5. The van der Waals surface area contributed by atoms with Gasteiger partial charge >= 0.3 is 0 Å². The predicted molar refractivity (Wildman–Crippen MR) is 125 cm³/mol. The lowest BCUT2D eigenvalue weighted by Gasteiger charge is -2.31. The number of nitrogens with zero attached hydrogens (tertiary/aromatic N) is 3. The largest absolute Gasteiger partial charge is 0.485 e. The van der Waals surface area contributed by atoms with Crippen molar-refractivity contribution in [3.8, 4) is 11.5 Å². The normalized spacial score (nSPS) is 18.6. The molecule has 1 fully saturated rings. The van der Waals surface area contributed by atoms with Crippen LogP contribution in [-0.2, 0) is 9.53 Å². The molecule has 1 aromatic heterocycles. The zero-order valence-corrected chi connectivity index (χ0v) is 19.1. The Morgan fingerprint density at radius 3 is 2.78 bits per heavy atom. The van der Waals surface area contributed by atoms with Crippen molar-refractivity contribution in [3.63, 3.8) is 0 Å². The summed E-state index contributed by atoms with van der Waals surface area (Å²) in [6.07, 6.45) is 0.0929. The summed E-state index contributed by atoms with van der Waals surface area (Å²) in [6, 6.07) is 13.1. The summed E-state index contributed by atoms with van der Waals surface area (Å²) in [4.78, 5) is 22.4. The molecule has 168 valence electrons. The Hall–Kier alpha value is -2.39. The van der Waals surface area contributed by atoms with Crippen LogP contribution in [0.1, 0.15) is 6.42 Å². The molecule has 0 radical (unpaired) electrons. The van der Waals surface area contributed by atoms with Gasteiger partial charge in [-0.25, -0.2) is 4.98 Å². The van der Waals surface area contributed by atoms with Crippen LogP contribution in [-0.4, -0.2) is 67.9 Å². The van der Waals surface area contributed by atoms with Gasteiger partial charge in [0.1, 0.15) is 12.1 Å². The van der Waals surface area contributed by atoms with Crippen molar-refractivity contribution in [1.82, 2.24) is 9.88 Å². The van der Waals surface area contributed by atoms with Gasteiger partial charge in [0.05, 0.1) is 22.9 Å². The highest BCUT2D eigenvalue weighted by Crippen LogP contribution is 2.35. The van der Waals surface area contributed by atoms with E-state index in [1.807, 2.05) is 42.5 Å². The van der Waals surface area contributed by atoms with Crippen LogP contribution < -0.4 is 14.4 Å². The fourth-order valence-corrected chi connectivity index (χ4v) is 5.21. The van der Waals surface area contributed by atoms with Gasteiger partial charge in [-0.3, -0.25) is 14.6 Å². The SMILES string of the molecule is O=C(C1COc2ccccc2O1)N(CCCN1CCOCC1)c1nc2c(Cl)cccc2s1. The second-order valence-corrected chi connectivity index (χ2v) is 9.16. The first-order chi connectivity index (χ1) is 15.7. The van der Waals surface area contributed by atoms with Gasteiger partial charge in [0.15, 0.2) is 16.6 Å². The van der Waals surface area contributed by atoms with Gasteiger partial charge in [-0.2, -0.15) is 0 Å². The maximum Gasteiger partial charge on any atom is 0.273 e. The van der Waals surface area contributed by atoms with Crippen molar-refractivity contribution >= 4 is 44.2 Å². The van der Waals surface area contributed by atoms with Crippen LogP contribution >= 0.6 is 22.9 Å². The van der Waals surface area contributed by atoms with Crippen LogP contribution in [0.5, 0.6) is 11.5 Å². The molecule has 0 N–H and O–H groups in total. The van der Waals surface area contributed by atoms with Gasteiger partial charge < -0.3 is 14.2 Å². The average molecular weight is 474 g/mol. The molecular weight excluding hydrogens is 450 g/mol. The molecule has 0 aliphatic carbocycles. The van der Waals surface area contributed by atoms with Gasteiger partial charge in [-0.05, 0) is 30.7 Å². The molecule has 1 amide bonds. The molecular formula is C23H24ClN3O4S. The molecule has 0 bridgehead atoms. The number of carbonyl (C=O) groups excluding carboxylic acids is 1. The lowest BCUT2D eigenvalue weighted by Crippen LogP contribution is -2.47. The van der Waals surface area contributed by atoms with Crippen LogP contribution in [0.25, 0.3) is 10.2 Å². The number of thiazole rings is 1. The number of halogens is 1. The molecule has 3 aromatic rings. The summed E-state index contributed by atoms with van der Waals surface area (Å²) in [7, 11) is 0. The molecule has 0 spiro atoms. The van der Waals surface area contributed by atoms with Crippen molar-refractivity contribution in [2.75, 3.05) is 50.9 Å². The molecule has 1 atom stereocenters. The predicted octanol–water partition coefficient (Wildman–Crippen LogP) is 3.85. The van der Waals surface area contributed by atoms with E-state index in [1.54, 1.807) is 4.90 Å². The molecule has 1 unspecified atom stereocenters. The number of rotatable bonds is 6. The van der Waals surface area contributed by atoms with E-state index in [0.29, 0.717) is 33.7 Å². The van der Waals surface area contributed by atoms with Crippen LogP contribution in [0.4, 0.5) is 5.13 Å². The monoisotopic (exact) mass is 473 g/mol. The van der Waals surface area contributed by atoms with Crippen molar-refractivity contribution in [1.29, 1.82) is 0 Å². The van der Waals surface area contributed by atoms with Crippen LogP contribution in [0, 0.1) is 0 Å². The average Bonchev–Trinajstić information content (AvgIpc) is 3.27. The van der Waals surface area contributed by atoms with Crippen LogP contribution in [0.3, 0.4) is 0 Å². The topological polar surface area (TPSA) is 64.1 Å². The molecule has 7 nitrogen and oxygen atoms in total. The summed E-state index contributed by atoms with van der Waals surface area (Å²) in [5, 5.41) is 1.21. The van der Waals surface area contributed by atoms with Gasteiger partial charge in [0, 0.05) is 26.2 Å². The van der Waals surface area contributed by atoms with Crippen molar-refractivity contribution in [2.24, 2.45) is 0 Å². The Labute approximate surface area is 195 Å². The summed E-state index contributed by atoms with van der Waals surface area (Å²) >= 11 is 7.81. The number of amides is 1. The number of hydrogen-bond donors (Lipinski definition) is 0.